The number of imidazole rings is 1. The molecule has 1 aliphatic rings. The molecule has 0 amide bonds. The Kier molecular flexibility index (Phi) is 5.89. The van der Waals surface area contributed by atoms with Crippen LogP contribution >= 0.6 is 0 Å². The van der Waals surface area contributed by atoms with Crippen molar-refractivity contribution in [2.75, 3.05) is 14.1 Å². The number of sulfonamides is 1. The van der Waals surface area contributed by atoms with Crippen molar-refractivity contribution in [3.8, 4) is 0 Å². The minimum atomic E-state index is -3.53. The molecule has 1 heterocycles. The maximum atomic E-state index is 14.4. The van der Waals surface area contributed by atoms with Gasteiger partial charge in [-0.1, -0.05) is 18.2 Å². The molecule has 8 heteroatoms. The number of benzene rings is 2. The van der Waals surface area contributed by atoms with Crippen LogP contribution in [0.4, 0.5) is 4.39 Å². The van der Waals surface area contributed by atoms with Crippen molar-refractivity contribution < 1.29 is 12.8 Å². The molecule has 6 nitrogen and oxygen atoms in total. The lowest BCUT2D eigenvalue weighted by Gasteiger charge is -2.29. The van der Waals surface area contributed by atoms with Gasteiger partial charge in [-0.15, -0.1) is 0 Å². The highest BCUT2D eigenvalue weighted by atomic mass is 32.2. The normalized spacial score (nSPS) is 15.8. The maximum Gasteiger partial charge on any atom is 0.242 e. The van der Waals surface area contributed by atoms with Gasteiger partial charge in [0, 0.05) is 38.3 Å². The summed E-state index contributed by atoms with van der Waals surface area (Å²) in [5.41, 5.74) is 2.26. The van der Waals surface area contributed by atoms with Crippen LogP contribution in [-0.4, -0.2) is 47.3 Å². The van der Waals surface area contributed by atoms with Gasteiger partial charge in [-0.25, -0.2) is 22.1 Å². The first-order chi connectivity index (χ1) is 14.7. The average Bonchev–Trinajstić information content (AvgIpc) is 3.52. The fourth-order valence-corrected chi connectivity index (χ4v) is 5.07. The van der Waals surface area contributed by atoms with Gasteiger partial charge in [0.1, 0.15) is 11.6 Å². The zero-order chi connectivity index (χ0) is 22.3. The number of hydrogen-bond acceptors (Lipinski definition) is 4. The van der Waals surface area contributed by atoms with Gasteiger partial charge in [-0.2, -0.15) is 0 Å². The Hall–Kier alpha value is -2.29. The highest BCUT2D eigenvalue weighted by molar-refractivity contribution is 7.89. The van der Waals surface area contributed by atoms with Crippen LogP contribution in [0.15, 0.2) is 47.4 Å². The number of hydrogen-bond donors (Lipinski definition) is 0. The van der Waals surface area contributed by atoms with Crippen LogP contribution in [0, 0.1) is 5.82 Å². The Morgan fingerprint density at radius 3 is 2.52 bits per heavy atom. The Bertz CT molecular complexity index is 1200. The van der Waals surface area contributed by atoms with Gasteiger partial charge >= 0.3 is 0 Å². The Labute approximate surface area is 183 Å². The number of fused-ring (bicyclic) bond motifs is 1. The van der Waals surface area contributed by atoms with Crippen molar-refractivity contribution >= 4 is 21.1 Å². The second-order valence-corrected chi connectivity index (χ2v) is 10.5. The highest BCUT2D eigenvalue weighted by Crippen LogP contribution is 2.36. The smallest absolute Gasteiger partial charge is 0.242 e. The summed E-state index contributed by atoms with van der Waals surface area (Å²) in [7, 11) is -0.485. The summed E-state index contributed by atoms with van der Waals surface area (Å²) in [6, 6.07) is 12.4. The zero-order valence-electron chi connectivity index (χ0n) is 18.4. The predicted octanol–water partition coefficient (Wildman–Crippen LogP) is 4.17. The molecule has 0 radical (unpaired) electrons. The van der Waals surface area contributed by atoms with Gasteiger partial charge in [0.15, 0.2) is 0 Å². The molecule has 166 valence electrons. The SMILES string of the molecule is CCn1c(CN(C2CC2)C(C)c2ccccc2F)nc2cc(S(=O)(=O)N(C)C)ccc21. The molecule has 0 N–H and O–H groups in total. The van der Waals surface area contributed by atoms with Crippen LogP contribution < -0.4 is 0 Å². The predicted molar refractivity (Wildman–Crippen MR) is 120 cm³/mol. The molecular formula is C23H29FN4O2S. The molecule has 1 atom stereocenters. The van der Waals surface area contributed by atoms with E-state index in [1.165, 1.54) is 24.5 Å². The van der Waals surface area contributed by atoms with E-state index in [-0.39, 0.29) is 16.8 Å². The molecular weight excluding hydrogens is 415 g/mol. The van der Waals surface area contributed by atoms with E-state index in [1.807, 2.05) is 25.1 Å². The largest absolute Gasteiger partial charge is 0.327 e. The van der Waals surface area contributed by atoms with E-state index in [1.54, 1.807) is 18.2 Å². The zero-order valence-corrected chi connectivity index (χ0v) is 19.2. The first kappa shape index (κ1) is 21.9. The fraction of sp³-hybridized carbons (Fsp3) is 0.435. The lowest BCUT2D eigenvalue weighted by atomic mass is 10.1. The third kappa shape index (κ3) is 4.12. The van der Waals surface area contributed by atoms with E-state index >= 15 is 0 Å². The van der Waals surface area contributed by atoms with Gasteiger partial charge in [-0.05, 0) is 51.0 Å². The topological polar surface area (TPSA) is 58.4 Å². The quantitative estimate of drug-likeness (QED) is 0.523. The van der Waals surface area contributed by atoms with E-state index < -0.39 is 10.0 Å². The summed E-state index contributed by atoms with van der Waals surface area (Å²) in [5.74, 6) is 0.676. The summed E-state index contributed by atoms with van der Waals surface area (Å²) in [6.45, 7) is 5.39. The molecule has 31 heavy (non-hydrogen) atoms. The number of halogens is 1. The Morgan fingerprint density at radius 1 is 1.19 bits per heavy atom. The Balaban J connectivity index is 1.72. The van der Waals surface area contributed by atoms with Crippen molar-refractivity contribution in [1.29, 1.82) is 0 Å². The number of aryl methyl sites for hydroxylation is 1. The third-order valence-electron chi connectivity index (χ3n) is 6.09. The van der Waals surface area contributed by atoms with Crippen molar-refractivity contribution in [2.45, 2.75) is 56.8 Å². The molecule has 1 saturated carbocycles. The van der Waals surface area contributed by atoms with E-state index in [0.29, 0.717) is 23.7 Å². The van der Waals surface area contributed by atoms with Crippen LogP contribution in [0.3, 0.4) is 0 Å². The van der Waals surface area contributed by atoms with E-state index in [4.69, 9.17) is 4.98 Å². The summed E-state index contributed by atoms with van der Waals surface area (Å²) in [5, 5.41) is 0. The third-order valence-corrected chi connectivity index (χ3v) is 7.90. The Morgan fingerprint density at radius 2 is 1.90 bits per heavy atom. The van der Waals surface area contributed by atoms with Crippen molar-refractivity contribution in [3.63, 3.8) is 0 Å². The summed E-state index contributed by atoms with van der Waals surface area (Å²) >= 11 is 0. The van der Waals surface area contributed by atoms with Gasteiger partial charge in [0.2, 0.25) is 10.0 Å². The van der Waals surface area contributed by atoms with Crippen LogP contribution in [-0.2, 0) is 23.1 Å². The number of aromatic nitrogens is 2. The molecule has 3 aromatic rings. The lowest BCUT2D eigenvalue weighted by molar-refractivity contribution is 0.180. The van der Waals surface area contributed by atoms with Gasteiger partial charge < -0.3 is 4.57 Å². The van der Waals surface area contributed by atoms with Crippen LogP contribution in [0.1, 0.15) is 44.1 Å². The summed E-state index contributed by atoms with van der Waals surface area (Å²) in [4.78, 5) is 7.35. The van der Waals surface area contributed by atoms with Crippen LogP contribution in [0.25, 0.3) is 11.0 Å². The second kappa shape index (κ2) is 8.33. The molecule has 2 aromatic carbocycles. The molecule has 0 bridgehead atoms. The number of nitrogens with zero attached hydrogens (tertiary/aromatic N) is 4. The van der Waals surface area contributed by atoms with Gasteiger partial charge in [-0.3, -0.25) is 4.90 Å². The van der Waals surface area contributed by atoms with E-state index in [9.17, 15) is 12.8 Å². The standard InChI is InChI=1S/C23H29FN4O2S/c1-5-27-22-13-12-18(31(29,30)26(3)4)14-21(22)25-23(27)15-28(17-10-11-17)16(2)19-8-6-7-9-20(19)24/h6-9,12-14,16-17H,5,10-11,15H2,1-4H3. The lowest BCUT2D eigenvalue weighted by Crippen LogP contribution is -2.30. The molecule has 1 aromatic heterocycles. The maximum absolute atomic E-state index is 14.4. The van der Waals surface area contributed by atoms with Gasteiger partial charge in [0.05, 0.1) is 22.5 Å². The first-order valence-corrected chi connectivity index (χ1v) is 12.1. The van der Waals surface area contributed by atoms with E-state index in [2.05, 4.69) is 16.4 Å². The fourth-order valence-electron chi connectivity index (χ4n) is 4.15. The van der Waals surface area contributed by atoms with Crippen molar-refractivity contribution in [2.24, 2.45) is 0 Å². The highest BCUT2D eigenvalue weighted by Gasteiger charge is 2.34. The summed E-state index contributed by atoms with van der Waals surface area (Å²) in [6.07, 6.45) is 2.19. The van der Waals surface area contributed by atoms with Crippen molar-refractivity contribution in [1.82, 2.24) is 18.8 Å². The minimum absolute atomic E-state index is 0.0801. The molecule has 4 rings (SSSR count). The summed E-state index contributed by atoms with van der Waals surface area (Å²) < 4.78 is 42.8. The molecule has 0 spiro atoms. The molecule has 0 saturated heterocycles. The molecule has 1 fully saturated rings. The monoisotopic (exact) mass is 444 g/mol. The minimum Gasteiger partial charge on any atom is -0.327 e. The van der Waals surface area contributed by atoms with E-state index in [0.717, 1.165) is 30.7 Å². The average molecular weight is 445 g/mol. The second-order valence-electron chi connectivity index (χ2n) is 8.31. The van der Waals surface area contributed by atoms with Crippen LogP contribution in [0.5, 0.6) is 0 Å². The van der Waals surface area contributed by atoms with Crippen LogP contribution in [0.2, 0.25) is 0 Å². The molecule has 0 aliphatic heterocycles. The van der Waals surface area contributed by atoms with Gasteiger partial charge in [0.25, 0.3) is 0 Å². The number of rotatable bonds is 8. The molecule has 1 unspecified atom stereocenters. The first-order valence-electron chi connectivity index (χ1n) is 10.7. The van der Waals surface area contributed by atoms with Crippen molar-refractivity contribution in [3.05, 3.63) is 59.7 Å². The molecule has 1 aliphatic carbocycles.